The van der Waals surface area contributed by atoms with E-state index in [1.807, 2.05) is 45.9 Å². The molecule has 0 fully saturated rings. The number of benzene rings is 1. The Balaban J connectivity index is 1.54. The minimum absolute atomic E-state index is 0.0933. The zero-order chi connectivity index (χ0) is 25.9. The van der Waals surface area contributed by atoms with Crippen molar-refractivity contribution in [2.45, 2.75) is 46.3 Å². The summed E-state index contributed by atoms with van der Waals surface area (Å²) in [6.07, 6.45) is 3.87. The highest BCUT2D eigenvalue weighted by Crippen LogP contribution is 2.39. The standard InChI is InChI=1S/C27H29FN4O3S/c1-5-12-32(26(33)35-27(2,3)4)16-17-6-8-20(31-15-17)24-14-21-25(36-24)23(10-11-30-21)34-22-9-7-18(29)13-19(22)28/h6-11,13-15H,5,12,16,29H2,1-4H3. The number of halogens is 1. The molecule has 0 bridgehead atoms. The summed E-state index contributed by atoms with van der Waals surface area (Å²) < 4.78 is 26.4. The number of fused-ring (bicyclic) bond motifs is 1. The predicted octanol–water partition coefficient (Wildman–Crippen LogP) is 7.02. The summed E-state index contributed by atoms with van der Waals surface area (Å²) in [5.74, 6) is 0.0670. The number of pyridine rings is 2. The molecular weight excluding hydrogens is 479 g/mol. The van der Waals surface area contributed by atoms with E-state index in [0.29, 0.717) is 24.5 Å². The van der Waals surface area contributed by atoms with Gasteiger partial charge in [0.1, 0.15) is 11.4 Å². The van der Waals surface area contributed by atoms with Crippen LogP contribution in [0.15, 0.2) is 54.9 Å². The highest BCUT2D eigenvalue weighted by atomic mass is 32.1. The van der Waals surface area contributed by atoms with Gasteiger partial charge >= 0.3 is 6.09 Å². The molecule has 1 amide bonds. The number of hydrogen-bond donors (Lipinski definition) is 1. The van der Waals surface area contributed by atoms with Crippen LogP contribution in [0.1, 0.15) is 39.7 Å². The van der Waals surface area contributed by atoms with Gasteiger partial charge in [0.15, 0.2) is 11.6 Å². The monoisotopic (exact) mass is 508 g/mol. The SMILES string of the molecule is CCCN(Cc1ccc(-c2cc3nccc(Oc4ccc(N)cc4F)c3s2)nc1)C(=O)OC(C)(C)C. The lowest BCUT2D eigenvalue weighted by Crippen LogP contribution is -2.36. The van der Waals surface area contributed by atoms with E-state index in [1.54, 1.807) is 29.4 Å². The Labute approximate surface area is 213 Å². The zero-order valence-corrected chi connectivity index (χ0v) is 21.6. The van der Waals surface area contributed by atoms with Crippen molar-refractivity contribution in [2.24, 2.45) is 0 Å². The maximum atomic E-state index is 14.3. The highest BCUT2D eigenvalue weighted by Gasteiger charge is 2.22. The third-order valence-corrected chi connectivity index (χ3v) is 6.31. The molecule has 0 saturated carbocycles. The summed E-state index contributed by atoms with van der Waals surface area (Å²) in [7, 11) is 0. The van der Waals surface area contributed by atoms with E-state index in [0.717, 1.165) is 32.8 Å². The number of thiophene rings is 1. The first-order valence-corrected chi connectivity index (χ1v) is 12.5. The van der Waals surface area contributed by atoms with Crippen LogP contribution in [0.25, 0.3) is 20.8 Å². The summed E-state index contributed by atoms with van der Waals surface area (Å²) >= 11 is 1.46. The van der Waals surface area contributed by atoms with Crippen LogP contribution in [0.5, 0.6) is 11.5 Å². The number of anilines is 1. The van der Waals surface area contributed by atoms with Gasteiger partial charge in [-0.2, -0.15) is 0 Å². The third kappa shape index (κ3) is 6.09. The molecule has 1 aromatic carbocycles. The summed E-state index contributed by atoms with van der Waals surface area (Å²) in [5, 5.41) is 0. The topological polar surface area (TPSA) is 90.6 Å². The smallest absolute Gasteiger partial charge is 0.410 e. The summed E-state index contributed by atoms with van der Waals surface area (Å²) in [6.45, 7) is 8.59. The minimum Gasteiger partial charge on any atom is -0.453 e. The molecule has 3 aromatic heterocycles. The van der Waals surface area contributed by atoms with Gasteiger partial charge in [-0.25, -0.2) is 9.18 Å². The van der Waals surface area contributed by atoms with E-state index in [1.165, 1.54) is 23.5 Å². The summed E-state index contributed by atoms with van der Waals surface area (Å²) in [6, 6.07) is 11.8. The molecule has 7 nitrogen and oxygen atoms in total. The second-order valence-corrected chi connectivity index (χ2v) is 10.4. The predicted molar refractivity (Wildman–Crippen MR) is 141 cm³/mol. The van der Waals surface area contributed by atoms with Crippen LogP contribution in [0, 0.1) is 5.82 Å². The van der Waals surface area contributed by atoms with Crippen molar-refractivity contribution in [3.8, 4) is 22.1 Å². The number of nitrogen functional groups attached to an aromatic ring is 1. The average molecular weight is 509 g/mol. The molecule has 0 atom stereocenters. The molecule has 0 aliphatic carbocycles. The van der Waals surface area contributed by atoms with Gasteiger partial charge in [-0.3, -0.25) is 9.97 Å². The molecule has 3 heterocycles. The Kier molecular flexibility index (Phi) is 7.40. The lowest BCUT2D eigenvalue weighted by molar-refractivity contribution is 0.0233. The van der Waals surface area contributed by atoms with E-state index in [4.69, 9.17) is 15.2 Å². The van der Waals surface area contributed by atoms with Crippen LogP contribution in [0.2, 0.25) is 0 Å². The highest BCUT2D eigenvalue weighted by molar-refractivity contribution is 7.22. The van der Waals surface area contributed by atoms with E-state index >= 15 is 0 Å². The molecule has 0 aliphatic rings. The molecule has 4 aromatic rings. The quantitative estimate of drug-likeness (QED) is 0.270. The van der Waals surface area contributed by atoms with Crippen LogP contribution in [0.4, 0.5) is 14.9 Å². The van der Waals surface area contributed by atoms with Gasteiger partial charge in [0.25, 0.3) is 0 Å². The van der Waals surface area contributed by atoms with Crippen molar-refractivity contribution in [2.75, 3.05) is 12.3 Å². The number of carbonyl (C=O) groups excluding carboxylic acids is 1. The molecule has 2 N–H and O–H groups in total. The van der Waals surface area contributed by atoms with Crippen molar-refractivity contribution >= 4 is 33.3 Å². The van der Waals surface area contributed by atoms with Gasteiger partial charge in [0.05, 0.1) is 27.3 Å². The second-order valence-electron chi connectivity index (χ2n) is 9.38. The van der Waals surface area contributed by atoms with Crippen LogP contribution >= 0.6 is 11.3 Å². The lowest BCUT2D eigenvalue weighted by atomic mass is 10.2. The van der Waals surface area contributed by atoms with E-state index in [2.05, 4.69) is 9.97 Å². The fourth-order valence-corrected chi connectivity index (χ4v) is 4.60. The first-order chi connectivity index (χ1) is 17.1. The first-order valence-electron chi connectivity index (χ1n) is 11.7. The van der Waals surface area contributed by atoms with Gasteiger partial charge in [0.2, 0.25) is 0 Å². The fourth-order valence-electron chi connectivity index (χ4n) is 3.56. The molecular formula is C27H29FN4O3S. The Morgan fingerprint density at radius 3 is 2.58 bits per heavy atom. The van der Waals surface area contributed by atoms with Crippen LogP contribution < -0.4 is 10.5 Å². The molecule has 36 heavy (non-hydrogen) atoms. The number of carbonyl (C=O) groups is 1. The van der Waals surface area contributed by atoms with Crippen molar-refractivity contribution < 1.29 is 18.7 Å². The van der Waals surface area contributed by atoms with Gasteiger partial charge in [-0.1, -0.05) is 13.0 Å². The summed E-state index contributed by atoms with van der Waals surface area (Å²) in [4.78, 5) is 24.2. The van der Waals surface area contributed by atoms with E-state index in [-0.39, 0.29) is 11.8 Å². The second kappa shape index (κ2) is 10.5. The molecule has 9 heteroatoms. The van der Waals surface area contributed by atoms with E-state index < -0.39 is 11.4 Å². The normalized spacial score (nSPS) is 11.5. The number of ether oxygens (including phenoxy) is 2. The molecule has 4 rings (SSSR count). The third-order valence-electron chi connectivity index (χ3n) is 5.15. The number of nitrogens with zero attached hydrogens (tertiary/aromatic N) is 3. The Morgan fingerprint density at radius 2 is 1.92 bits per heavy atom. The molecule has 0 spiro atoms. The van der Waals surface area contributed by atoms with Gasteiger partial charge < -0.3 is 20.1 Å². The number of amides is 1. The van der Waals surface area contributed by atoms with Crippen molar-refractivity contribution in [1.82, 2.24) is 14.9 Å². The van der Waals surface area contributed by atoms with Gasteiger partial charge in [0, 0.05) is 36.8 Å². The molecule has 0 radical (unpaired) electrons. The van der Waals surface area contributed by atoms with Crippen molar-refractivity contribution in [3.05, 3.63) is 66.2 Å². The zero-order valence-electron chi connectivity index (χ0n) is 20.7. The maximum Gasteiger partial charge on any atom is 0.410 e. The maximum absolute atomic E-state index is 14.3. The van der Waals surface area contributed by atoms with E-state index in [9.17, 15) is 9.18 Å². The first kappa shape index (κ1) is 25.4. The molecule has 0 saturated heterocycles. The van der Waals surface area contributed by atoms with Gasteiger partial charge in [-0.05, 0) is 57.0 Å². The Bertz CT molecular complexity index is 1370. The van der Waals surface area contributed by atoms with Crippen LogP contribution in [-0.2, 0) is 11.3 Å². The molecule has 0 unspecified atom stereocenters. The largest absolute Gasteiger partial charge is 0.453 e. The minimum atomic E-state index is -0.553. The van der Waals surface area contributed by atoms with Crippen molar-refractivity contribution in [3.63, 3.8) is 0 Å². The number of nitrogens with two attached hydrogens (primary N) is 1. The van der Waals surface area contributed by atoms with Crippen LogP contribution in [-0.4, -0.2) is 33.1 Å². The van der Waals surface area contributed by atoms with Crippen LogP contribution in [0.3, 0.4) is 0 Å². The Hall–Kier alpha value is -3.72. The van der Waals surface area contributed by atoms with Crippen molar-refractivity contribution in [1.29, 1.82) is 0 Å². The molecule has 0 aliphatic heterocycles. The number of hydrogen-bond acceptors (Lipinski definition) is 7. The fraction of sp³-hybridized carbons (Fsp3) is 0.296. The molecule has 188 valence electrons. The number of rotatable bonds is 7. The average Bonchev–Trinajstić information content (AvgIpc) is 3.25. The summed E-state index contributed by atoms with van der Waals surface area (Å²) in [5.41, 5.74) is 7.81. The van der Waals surface area contributed by atoms with Gasteiger partial charge in [-0.15, -0.1) is 11.3 Å². The number of aromatic nitrogens is 2. The lowest BCUT2D eigenvalue weighted by Gasteiger charge is -2.27. The Morgan fingerprint density at radius 1 is 1.11 bits per heavy atom.